The van der Waals surface area contributed by atoms with Crippen molar-refractivity contribution in [1.29, 1.82) is 0 Å². The molecule has 0 aliphatic carbocycles. The number of hydrogen-bond donors (Lipinski definition) is 1. The molecule has 0 saturated carbocycles. The van der Waals surface area contributed by atoms with Gasteiger partial charge in [0.1, 0.15) is 17.5 Å². The predicted molar refractivity (Wildman–Crippen MR) is 90.3 cm³/mol. The molecular weight excluding hydrogens is 306 g/mol. The van der Waals surface area contributed by atoms with Gasteiger partial charge < -0.3 is 15.0 Å². The highest BCUT2D eigenvalue weighted by Gasteiger charge is 2.26. The molecule has 1 fully saturated rings. The van der Waals surface area contributed by atoms with E-state index in [0.717, 1.165) is 5.56 Å². The van der Waals surface area contributed by atoms with E-state index in [9.17, 15) is 4.79 Å². The largest absolute Gasteiger partial charge is 0.378 e. The standard InChI is InChI=1S/C17H16N5O2/c23-17-15-12(4-6-19-17)11-14(20-13-3-1-2-5-18-13)21-16(15)22-7-9-24-10-8-22/h1-6,11H,7-10H2,(H,18,20,21). The van der Waals surface area contributed by atoms with Gasteiger partial charge in [0.05, 0.1) is 18.8 Å². The first-order valence-corrected chi connectivity index (χ1v) is 7.79. The summed E-state index contributed by atoms with van der Waals surface area (Å²) >= 11 is 0. The van der Waals surface area contributed by atoms with E-state index in [0.29, 0.717) is 49.3 Å². The Labute approximate surface area is 139 Å². The first-order chi connectivity index (χ1) is 11.8. The second kappa shape index (κ2) is 6.29. The molecule has 2 aromatic heterocycles. The van der Waals surface area contributed by atoms with Crippen molar-refractivity contribution in [2.75, 3.05) is 36.5 Å². The van der Waals surface area contributed by atoms with Crippen LogP contribution in [0.3, 0.4) is 0 Å². The molecule has 1 saturated heterocycles. The number of hydrogen-bond acceptors (Lipinski definition) is 6. The van der Waals surface area contributed by atoms with Crippen LogP contribution in [0, 0.1) is 0 Å². The zero-order valence-electron chi connectivity index (χ0n) is 13.0. The minimum atomic E-state index is -0.258. The Hall–Kier alpha value is -2.93. The summed E-state index contributed by atoms with van der Waals surface area (Å²) in [5.41, 5.74) is 1.36. The Morgan fingerprint density at radius 3 is 2.83 bits per heavy atom. The molecule has 0 spiro atoms. The molecule has 2 aliphatic rings. The number of pyridine rings is 2. The van der Waals surface area contributed by atoms with Gasteiger partial charge in [0.25, 0.3) is 5.91 Å². The predicted octanol–water partition coefficient (Wildman–Crippen LogP) is 1.79. The molecule has 2 aromatic rings. The van der Waals surface area contributed by atoms with Crippen LogP contribution in [0.2, 0.25) is 0 Å². The number of fused-ring (bicyclic) bond motifs is 1. The third-order valence-corrected chi connectivity index (χ3v) is 3.92. The average molecular weight is 322 g/mol. The Morgan fingerprint density at radius 2 is 2.04 bits per heavy atom. The summed E-state index contributed by atoms with van der Waals surface area (Å²) in [7, 11) is 0. The smallest absolute Gasteiger partial charge is 0.281 e. The maximum Gasteiger partial charge on any atom is 0.281 e. The molecule has 0 aromatic carbocycles. The molecule has 2 aliphatic heterocycles. The molecule has 4 rings (SSSR count). The fourth-order valence-corrected chi connectivity index (χ4v) is 2.79. The monoisotopic (exact) mass is 322 g/mol. The number of aromatic nitrogens is 2. The highest BCUT2D eigenvalue weighted by Crippen LogP contribution is 2.29. The van der Waals surface area contributed by atoms with Crippen molar-refractivity contribution in [3.63, 3.8) is 0 Å². The second-order valence-electron chi connectivity index (χ2n) is 5.48. The Kier molecular flexibility index (Phi) is 3.84. The van der Waals surface area contributed by atoms with Gasteiger partial charge in [0.2, 0.25) is 0 Å². The maximum atomic E-state index is 12.3. The summed E-state index contributed by atoms with van der Waals surface area (Å²) in [6.07, 6.45) is 5.07. The number of carbonyl (C=O) groups is 1. The van der Waals surface area contributed by atoms with Crippen LogP contribution in [0.25, 0.3) is 6.08 Å². The summed E-state index contributed by atoms with van der Waals surface area (Å²) < 4.78 is 5.40. The minimum absolute atomic E-state index is 0.258. The first kappa shape index (κ1) is 14.6. The minimum Gasteiger partial charge on any atom is -0.378 e. The number of nitrogens with zero attached hydrogens (tertiary/aromatic N) is 4. The van der Waals surface area contributed by atoms with Crippen LogP contribution in [-0.2, 0) is 4.74 Å². The third-order valence-electron chi connectivity index (χ3n) is 3.92. The zero-order chi connectivity index (χ0) is 16.4. The number of rotatable bonds is 3. The van der Waals surface area contributed by atoms with Gasteiger partial charge in [-0.25, -0.2) is 15.3 Å². The van der Waals surface area contributed by atoms with Gasteiger partial charge in [0, 0.05) is 25.5 Å². The lowest BCUT2D eigenvalue weighted by atomic mass is 10.0. The number of ether oxygens (including phenoxy) is 1. The van der Waals surface area contributed by atoms with Crippen molar-refractivity contribution in [2.24, 2.45) is 0 Å². The molecule has 24 heavy (non-hydrogen) atoms. The Morgan fingerprint density at radius 1 is 1.17 bits per heavy atom. The number of nitrogens with one attached hydrogen (secondary N) is 1. The molecule has 7 nitrogen and oxygen atoms in total. The number of anilines is 3. The molecule has 7 heteroatoms. The summed E-state index contributed by atoms with van der Waals surface area (Å²) in [6.45, 7) is 2.64. The normalized spacial score (nSPS) is 16.5. The van der Waals surface area contributed by atoms with Crippen LogP contribution in [0.15, 0.2) is 36.7 Å². The van der Waals surface area contributed by atoms with Gasteiger partial charge in [-0.3, -0.25) is 4.79 Å². The van der Waals surface area contributed by atoms with Gasteiger partial charge >= 0.3 is 0 Å². The van der Waals surface area contributed by atoms with E-state index in [1.54, 1.807) is 6.20 Å². The molecule has 1 radical (unpaired) electrons. The summed E-state index contributed by atoms with van der Waals surface area (Å²) in [5, 5.41) is 7.08. The van der Waals surface area contributed by atoms with Crippen LogP contribution in [0.1, 0.15) is 15.9 Å². The highest BCUT2D eigenvalue weighted by atomic mass is 16.5. The Balaban J connectivity index is 1.76. The lowest BCUT2D eigenvalue weighted by molar-refractivity contribution is 0.0962. The first-order valence-electron chi connectivity index (χ1n) is 7.79. The van der Waals surface area contributed by atoms with E-state index < -0.39 is 0 Å². The van der Waals surface area contributed by atoms with Gasteiger partial charge in [-0.1, -0.05) is 6.07 Å². The summed E-state index contributed by atoms with van der Waals surface area (Å²) in [6, 6.07) is 7.47. The van der Waals surface area contributed by atoms with Crippen LogP contribution in [-0.4, -0.2) is 42.2 Å². The molecule has 0 atom stereocenters. The van der Waals surface area contributed by atoms with E-state index >= 15 is 0 Å². The molecule has 121 valence electrons. The molecule has 4 heterocycles. The van der Waals surface area contributed by atoms with Gasteiger partial charge in [-0.05, 0) is 29.8 Å². The van der Waals surface area contributed by atoms with E-state index in [1.165, 1.54) is 6.20 Å². The quantitative estimate of drug-likeness (QED) is 0.928. The van der Waals surface area contributed by atoms with Crippen molar-refractivity contribution in [2.45, 2.75) is 0 Å². The molecule has 1 N–H and O–H groups in total. The van der Waals surface area contributed by atoms with E-state index in [1.807, 2.05) is 30.3 Å². The highest BCUT2D eigenvalue weighted by molar-refractivity contribution is 6.05. The van der Waals surface area contributed by atoms with Crippen LogP contribution in [0.4, 0.5) is 17.5 Å². The number of morpholine rings is 1. The van der Waals surface area contributed by atoms with Gasteiger partial charge in [0.15, 0.2) is 0 Å². The van der Waals surface area contributed by atoms with Gasteiger partial charge in [-0.2, -0.15) is 0 Å². The molecule has 0 bridgehead atoms. The van der Waals surface area contributed by atoms with Crippen molar-refractivity contribution in [1.82, 2.24) is 15.3 Å². The van der Waals surface area contributed by atoms with E-state index in [4.69, 9.17) is 4.74 Å². The SMILES string of the molecule is O=C1[N]C=Cc2cc(Nc3ccccn3)nc(N3CCOCC3)c21. The Bertz CT molecular complexity index is 785. The lowest BCUT2D eigenvalue weighted by Crippen LogP contribution is -2.38. The van der Waals surface area contributed by atoms with Gasteiger partial charge in [-0.15, -0.1) is 0 Å². The summed E-state index contributed by atoms with van der Waals surface area (Å²) in [5.74, 6) is 1.74. The number of carbonyl (C=O) groups excluding carboxylic acids is 1. The third kappa shape index (κ3) is 2.81. The van der Waals surface area contributed by atoms with Crippen molar-refractivity contribution in [3.8, 4) is 0 Å². The van der Waals surface area contributed by atoms with E-state index in [-0.39, 0.29) is 5.91 Å². The fraction of sp³-hybridized carbons (Fsp3) is 0.235. The molecule has 0 unspecified atom stereocenters. The van der Waals surface area contributed by atoms with Crippen LogP contribution >= 0.6 is 0 Å². The molecule has 1 amide bonds. The zero-order valence-corrected chi connectivity index (χ0v) is 13.0. The fourth-order valence-electron chi connectivity index (χ4n) is 2.79. The maximum absolute atomic E-state index is 12.3. The van der Waals surface area contributed by atoms with Crippen LogP contribution < -0.4 is 15.5 Å². The molecular formula is C17H16N5O2. The average Bonchev–Trinajstić information content (AvgIpc) is 2.63. The van der Waals surface area contributed by atoms with E-state index in [2.05, 4.69) is 25.5 Å². The summed E-state index contributed by atoms with van der Waals surface area (Å²) in [4.78, 5) is 23.3. The topological polar surface area (TPSA) is 81.5 Å². The van der Waals surface area contributed by atoms with Crippen molar-refractivity contribution >= 4 is 29.4 Å². The lowest BCUT2D eigenvalue weighted by Gasteiger charge is -2.30. The van der Waals surface area contributed by atoms with Crippen molar-refractivity contribution < 1.29 is 9.53 Å². The van der Waals surface area contributed by atoms with Crippen molar-refractivity contribution in [3.05, 3.63) is 47.8 Å². The van der Waals surface area contributed by atoms with Crippen LogP contribution in [0.5, 0.6) is 0 Å². The second-order valence-corrected chi connectivity index (χ2v) is 5.48. The number of amides is 1.